The summed E-state index contributed by atoms with van der Waals surface area (Å²) < 4.78 is 19.5. The lowest BCUT2D eigenvalue weighted by atomic mass is 9.92. The first-order chi connectivity index (χ1) is 10.1. The van der Waals surface area contributed by atoms with Crippen molar-refractivity contribution in [1.82, 2.24) is 5.32 Å². The van der Waals surface area contributed by atoms with Crippen molar-refractivity contribution in [2.75, 3.05) is 7.05 Å². The number of ether oxygens (including phenoxy) is 1. The van der Waals surface area contributed by atoms with Crippen LogP contribution in [0.15, 0.2) is 36.4 Å². The molecule has 0 fully saturated rings. The Kier molecular flexibility index (Phi) is 3.87. The van der Waals surface area contributed by atoms with E-state index in [9.17, 15) is 4.39 Å². The number of nitrogens with one attached hydrogen (secondary N) is 1. The maximum Gasteiger partial charge on any atom is 0.126 e. The molecule has 2 atom stereocenters. The van der Waals surface area contributed by atoms with Gasteiger partial charge in [-0.05, 0) is 49.4 Å². The maximum atomic E-state index is 13.4. The molecule has 0 saturated carbocycles. The van der Waals surface area contributed by atoms with Gasteiger partial charge in [-0.1, -0.05) is 23.7 Å². The standard InChI is InChI=1S/C17H17ClFNO/c1-10-3-4-11(7-14(10)18)17-9-15(20-2)13-8-12(19)5-6-16(13)21-17/h3-8,15,17,20H,9H2,1-2H3. The number of benzene rings is 2. The van der Waals surface area contributed by atoms with Crippen molar-refractivity contribution in [3.63, 3.8) is 0 Å². The minimum Gasteiger partial charge on any atom is -0.485 e. The number of halogens is 2. The smallest absolute Gasteiger partial charge is 0.126 e. The van der Waals surface area contributed by atoms with Crippen LogP contribution in [-0.2, 0) is 0 Å². The van der Waals surface area contributed by atoms with Crippen LogP contribution in [0.2, 0.25) is 5.02 Å². The number of hydrogen-bond acceptors (Lipinski definition) is 2. The van der Waals surface area contributed by atoms with E-state index in [0.29, 0.717) is 0 Å². The molecular weight excluding hydrogens is 289 g/mol. The second kappa shape index (κ2) is 5.66. The summed E-state index contributed by atoms with van der Waals surface area (Å²) >= 11 is 6.20. The predicted octanol–water partition coefficient (Wildman–Crippen LogP) is 4.57. The topological polar surface area (TPSA) is 21.3 Å². The molecule has 2 aromatic carbocycles. The van der Waals surface area contributed by atoms with Crippen LogP contribution in [0.5, 0.6) is 5.75 Å². The molecule has 0 amide bonds. The van der Waals surface area contributed by atoms with Crippen LogP contribution >= 0.6 is 11.6 Å². The zero-order chi connectivity index (χ0) is 15.0. The number of fused-ring (bicyclic) bond motifs is 1. The molecule has 0 radical (unpaired) electrons. The van der Waals surface area contributed by atoms with Crippen LogP contribution in [0.1, 0.15) is 35.3 Å². The van der Waals surface area contributed by atoms with E-state index in [0.717, 1.165) is 33.9 Å². The lowest BCUT2D eigenvalue weighted by Crippen LogP contribution is -2.26. The Morgan fingerprint density at radius 3 is 2.76 bits per heavy atom. The third-order valence-corrected chi connectivity index (χ3v) is 4.39. The minimum absolute atomic E-state index is 0.0644. The molecule has 2 unspecified atom stereocenters. The van der Waals surface area contributed by atoms with Crippen molar-refractivity contribution in [2.45, 2.75) is 25.5 Å². The Morgan fingerprint density at radius 2 is 2.05 bits per heavy atom. The molecule has 110 valence electrons. The van der Waals surface area contributed by atoms with Gasteiger partial charge in [-0.25, -0.2) is 4.39 Å². The Hall–Kier alpha value is -1.58. The van der Waals surface area contributed by atoms with Gasteiger partial charge in [-0.3, -0.25) is 0 Å². The molecular formula is C17H17ClFNO. The van der Waals surface area contributed by atoms with Crippen LogP contribution in [0.4, 0.5) is 4.39 Å². The van der Waals surface area contributed by atoms with E-state index in [-0.39, 0.29) is 18.0 Å². The minimum atomic E-state index is -0.241. The molecule has 3 rings (SSSR count). The molecule has 1 aliphatic rings. The van der Waals surface area contributed by atoms with Gasteiger partial charge in [0, 0.05) is 23.0 Å². The second-order valence-electron chi connectivity index (χ2n) is 5.37. The van der Waals surface area contributed by atoms with Gasteiger partial charge in [0.1, 0.15) is 17.7 Å². The van der Waals surface area contributed by atoms with Gasteiger partial charge in [0.25, 0.3) is 0 Å². The molecule has 2 nitrogen and oxygen atoms in total. The molecule has 1 N–H and O–H groups in total. The summed E-state index contributed by atoms with van der Waals surface area (Å²) in [5, 5.41) is 3.97. The van der Waals surface area contributed by atoms with E-state index < -0.39 is 0 Å². The van der Waals surface area contributed by atoms with Gasteiger partial charge >= 0.3 is 0 Å². The Morgan fingerprint density at radius 1 is 1.24 bits per heavy atom. The van der Waals surface area contributed by atoms with E-state index in [1.165, 1.54) is 12.1 Å². The van der Waals surface area contributed by atoms with Gasteiger partial charge in [0.15, 0.2) is 0 Å². The molecule has 0 spiro atoms. The monoisotopic (exact) mass is 305 g/mol. The Bertz CT molecular complexity index is 674. The van der Waals surface area contributed by atoms with Gasteiger partial charge in [0.2, 0.25) is 0 Å². The van der Waals surface area contributed by atoms with E-state index in [1.807, 2.05) is 32.2 Å². The van der Waals surface area contributed by atoms with Crippen molar-refractivity contribution >= 4 is 11.6 Å². The number of hydrogen-bond donors (Lipinski definition) is 1. The third kappa shape index (κ3) is 2.76. The fraction of sp³-hybridized carbons (Fsp3) is 0.294. The van der Waals surface area contributed by atoms with Gasteiger partial charge in [-0.2, -0.15) is 0 Å². The quantitative estimate of drug-likeness (QED) is 0.877. The van der Waals surface area contributed by atoms with Gasteiger partial charge < -0.3 is 10.1 Å². The van der Waals surface area contributed by atoms with Crippen LogP contribution in [0.3, 0.4) is 0 Å². The highest BCUT2D eigenvalue weighted by molar-refractivity contribution is 6.31. The lowest BCUT2D eigenvalue weighted by Gasteiger charge is -2.32. The molecule has 0 bridgehead atoms. The Labute approximate surface area is 128 Å². The second-order valence-corrected chi connectivity index (χ2v) is 5.78. The zero-order valence-electron chi connectivity index (χ0n) is 12.0. The van der Waals surface area contributed by atoms with E-state index in [4.69, 9.17) is 16.3 Å². The summed E-state index contributed by atoms with van der Waals surface area (Å²) in [6, 6.07) is 10.7. The molecule has 2 aromatic rings. The fourth-order valence-corrected chi connectivity index (χ4v) is 2.92. The highest BCUT2D eigenvalue weighted by atomic mass is 35.5. The van der Waals surface area contributed by atoms with Crippen molar-refractivity contribution in [3.8, 4) is 5.75 Å². The summed E-state index contributed by atoms with van der Waals surface area (Å²) in [5.41, 5.74) is 2.96. The predicted molar refractivity (Wildman–Crippen MR) is 82.4 cm³/mol. The normalized spacial score (nSPS) is 20.8. The number of rotatable bonds is 2. The van der Waals surface area contributed by atoms with Crippen LogP contribution in [0, 0.1) is 12.7 Å². The largest absolute Gasteiger partial charge is 0.485 e. The zero-order valence-corrected chi connectivity index (χ0v) is 12.7. The summed E-state index contributed by atoms with van der Waals surface area (Å²) in [7, 11) is 1.88. The summed E-state index contributed by atoms with van der Waals surface area (Å²) in [6.07, 6.45) is 0.658. The van der Waals surface area contributed by atoms with Crippen LogP contribution < -0.4 is 10.1 Å². The molecule has 0 aromatic heterocycles. The van der Waals surface area contributed by atoms with Crippen LogP contribution in [-0.4, -0.2) is 7.05 Å². The van der Waals surface area contributed by atoms with Gasteiger partial charge in [0.05, 0.1) is 0 Å². The highest BCUT2D eigenvalue weighted by Gasteiger charge is 2.29. The van der Waals surface area contributed by atoms with E-state index in [1.54, 1.807) is 6.07 Å². The van der Waals surface area contributed by atoms with E-state index in [2.05, 4.69) is 5.32 Å². The maximum absolute atomic E-state index is 13.4. The first-order valence-corrected chi connectivity index (χ1v) is 7.35. The van der Waals surface area contributed by atoms with E-state index >= 15 is 0 Å². The molecule has 4 heteroatoms. The average Bonchev–Trinajstić information content (AvgIpc) is 2.49. The van der Waals surface area contributed by atoms with Crippen molar-refractivity contribution in [3.05, 3.63) is 63.9 Å². The molecule has 1 aliphatic heterocycles. The highest BCUT2D eigenvalue weighted by Crippen LogP contribution is 2.41. The van der Waals surface area contributed by atoms with Gasteiger partial charge in [-0.15, -0.1) is 0 Å². The Balaban J connectivity index is 1.96. The van der Waals surface area contributed by atoms with Crippen molar-refractivity contribution in [1.29, 1.82) is 0 Å². The molecule has 21 heavy (non-hydrogen) atoms. The van der Waals surface area contributed by atoms with Crippen molar-refractivity contribution < 1.29 is 9.13 Å². The molecule has 0 aliphatic carbocycles. The van der Waals surface area contributed by atoms with Crippen LogP contribution in [0.25, 0.3) is 0 Å². The molecule has 1 heterocycles. The number of aryl methyl sites for hydroxylation is 1. The van der Waals surface area contributed by atoms with Crippen molar-refractivity contribution in [2.24, 2.45) is 0 Å². The lowest BCUT2D eigenvalue weighted by molar-refractivity contribution is 0.153. The first-order valence-electron chi connectivity index (χ1n) is 6.98. The molecule has 0 saturated heterocycles. The first kappa shape index (κ1) is 14.4. The third-order valence-electron chi connectivity index (χ3n) is 3.98. The summed E-state index contributed by atoms with van der Waals surface area (Å²) in [6.45, 7) is 1.97. The summed E-state index contributed by atoms with van der Waals surface area (Å²) in [5.74, 6) is 0.484. The average molecular weight is 306 g/mol. The fourth-order valence-electron chi connectivity index (χ4n) is 2.73. The summed E-state index contributed by atoms with van der Waals surface area (Å²) in [4.78, 5) is 0. The SMILES string of the molecule is CNC1CC(c2ccc(C)c(Cl)c2)Oc2ccc(F)cc21.